The predicted molar refractivity (Wildman–Crippen MR) is 96.2 cm³/mol. The fourth-order valence-electron chi connectivity index (χ4n) is 2.66. The van der Waals surface area contributed by atoms with E-state index in [4.69, 9.17) is 5.73 Å². The number of thioether (sulfide) groups is 1. The van der Waals surface area contributed by atoms with Crippen LogP contribution >= 0.6 is 23.1 Å². The monoisotopic (exact) mass is 359 g/mol. The molecule has 1 aliphatic rings. The number of rotatable bonds is 5. The molecule has 2 heterocycles. The average molecular weight is 359 g/mol. The SMILES string of the molecule is Cc1cc(N)nc(SCCC(=O)Nc2sc3c(c2C#N)CCC3)n1. The van der Waals surface area contributed by atoms with Crippen LogP contribution in [0.15, 0.2) is 11.2 Å². The molecule has 0 bridgehead atoms. The highest BCUT2D eigenvalue weighted by molar-refractivity contribution is 7.99. The molecular formula is C16H17N5OS2. The first-order chi connectivity index (χ1) is 11.6. The molecule has 0 fully saturated rings. The van der Waals surface area contributed by atoms with Gasteiger partial charge in [0.15, 0.2) is 5.16 Å². The van der Waals surface area contributed by atoms with Crippen molar-refractivity contribution in [2.24, 2.45) is 0 Å². The zero-order chi connectivity index (χ0) is 17.1. The standard InChI is InChI=1S/C16H17N5OS2/c1-9-7-13(18)20-16(19-9)23-6-5-14(22)21-15-11(8-17)10-3-2-4-12(10)24-15/h7H,2-6H2,1H3,(H,21,22)(H2,18,19,20). The van der Waals surface area contributed by atoms with E-state index in [0.29, 0.717) is 33.7 Å². The molecule has 0 radical (unpaired) electrons. The van der Waals surface area contributed by atoms with E-state index < -0.39 is 0 Å². The highest BCUT2D eigenvalue weighted by atomic mass is 32.2. The number of nitrogens with zero attached hydrogens (tertiary/aromatic N) is 3. The fraction of sp³-hybridized carbons (Fsp3) is 0.375. The lowest BCUT2D eigenvalue weighted by Gasteiger charge is -2.05. The van der Waals surface area contributed by atoms with Crippen LogP contribution in [-0.4, -0.2) is 21.6 Å². The molecule has 24 heavy (non-hydrogen) atoms. The van der Waals surface area contributed by atoms with E-state index in [1.165, 1.54) is 28.0 Å². The quantitative estimate of drug-likeness (QED) is 0.628. The van der Waals surface area contributed by atoms with Gasteiger partial charge in [0, 0.05) is 28.8 Å². The fourth-order valence-corrected chi connectivity index (χ4v) is 4.77. The molecule has 2 aromatic rings. The van der Waals surface area contributed by atoms with E-state index >= 15 is 0 Å². The second-order valence-electron chi connectivity index (χ2n) is 5.54. The zero-order valence-electron chi connectivity index (χ0n) is 13.3. The van der Waals surface area contributed by atoms with Crippen molar-refractivity contribution in [3.63, 3.8) is 0 Å². The molecule has 1 aliphatic carbocycles. The molecule has 8 heteroatoms. The third-order valence-corrected chi connectivity index (χ3v) is 5.76. The molecule has 0 spiro atoms. The molecular weight excluding hydrogens is 342 g/mol. The minimum absolute atomic E-state index is 0.0976. The van der Waals surface area contributed by atoms with Crippen LogP contribution in [0, 0.1) is 18.3 Å². The maximum absolute atomic E-state index is 12.1. The number of amides is 1. The van der Waals surface area contributed by atoms with Crippen LogP contribution in [0.3, 0.4) is 0 Å². The molecule has 0 saturated carbocycles. The van der Waals surface area contributed by atoms with Crippen LogP contribution in [0.4, 0.5) is 10.8 Å². The van der Waals surface area contributed by atoms with Gasteiger partial charge in [-0.1, -0.05) is 11.8 Å². The van der Waals surface area contributed by atoms with Gasteiger partial charge in [-0.05, 0) is 31.7 Å². The number of nitrogens with one attached hydrogen (secondary N) is 1. The van der Waals surface area contributed by atoms with E-state index in [-0.39, 0.29) is 5.91 Å². The number of aryl methyl sites for hydroxylation is 2. The van der Waals surface area contributed by atoms with Crippen molar-refractivity contribution in [2.75, 3.05) is 16.8 Å². The van der Waals surface area contributed by atoms with Crippen molar-refractivity contribution < 1.29 is 4.79 Å². The second-order valence-corrected chi connectivity index (χ2v) is 7.70. The maximum atomic E-state index is 12.1. The van der Waals surface area contributed by atoms with Crippen molar-refractivity contribution in [1.82, 2.24) is 9.97 Å². The topological polar surface area (TPSA) is 105 Å². The van der Waals surface area contributed by atoms with Crippen molar-refractivity contribution in [2.45, 2.75) is 37.8 Å². The normalized spacial score (nSPS) is 12.7. The van der Waals surface area contributed by atoms with E-state index in [0.717, 1.165) is 30.5 Å². The van der Waals surface area contributed by atoms with E-state index in [9.17, 15) is 10.1 Å². The summed E-state index contributed by atoms with van der Waals surface area (Å²) in [6.45, 7) is 1.86. The molecule has 2 aromatic heterocycles. The molecule has 0 unspecified atom stereocenters. The highest BCUT2D eigenvalue weighted by Gasteiger charge is 2.22. The first-order valence-electron chi connectivity index (χ1n) is 7.65. The van der Waals surface area contributed by atoms with E-state index in [1.807, 2.05) is 6.92 Å². The van der Waals surface area contributed by atoms with Crippen LogP contribution in [0.25, 0.3) is 0 Å². The van der Waals surface area contributed by atoms with Gasteiger partial charge in [-0.15, -0.1) is 11.3 Å². The number of hydrogen-bond acceptors (Lipinski definition) is 7. The molecule has 3 rings (SSSR count). The number of anilines is 2. The average Bonchev–Trinajstić information content (AvgIpc) is 3.06. The van der Waals surface area contributed by atoms with Crippen molar-refractivity contribution in [3.05, 3.63) is 27.8 Å². The highest BCUT2D eigenvalue weighted by Crippen LogP contribution is 2.38. The molecule has 0 aliphatic heterocycles. The van der Waals surface area contributed by atoms with Gasteiger partial charge in [-0.25, -0.2) is 9.97 Å². The summed E-state index contributed by atoms with van der Waals surface area (Å²) in [6, 6.07) is 3.94. The van der Waals surface area contributed by atoms with Gasteiger partial charge in [0.25, 0.3) is 0 Å². The molecule has 0 atom stereocenters. The van der Waals surface area contributed by atoms with Gasteiger partial charge in [0.1, 0.15) is 16.9 Å². The second kappa shape index (κ2) is 7.20. The van der Waals surface area contributed by atoms with Crippen LogP contribution in [-0.2, 0) is 17.6 Å². The Morgan fingerprint density at radius 2 is 2.33 bits per heavy atom. The summed E-state index contributed by atoms with van der Waals surface area (Å²) >= 11 is 2.93. The number of fused-ring (bicyclic) bond motifs is 1. The number of nitriles is 1. The summed E-state index contributed by atoms with van der Waals surface area (Å²) < 4.78 is 0. The molecule has 1 amide bonds. The minimum atomic E-state index is -0.0976. The van der Waals surface area contributed by atoms with Gasteiger partial charge < -0.3 is 11.1 Å². The lowest BCUT2D eigenvalue weighted by molar-refractivity contribution is -0.115. The summed E-state index contributed by atoms with van der Waals surface area (Å²) in [5, 5.41) is 13.5. The molecule has 6 nitrogen and oxygen atoms in total. The lowest BCUT2D eigenvalue weighted by Crippen LogP contribution is -2.12. The molecule has 3 N–H and O–H groups in total. The first-order valence-corrected chi connectivity index (χ1v) is 9.45. The number of thiophene rings is 1. The maximum Gasteiger partial charge on any atom is 0.225 e. The largest absolute Gasteiger partial charge is 0.384 e. The Bertz CT molecular complexity index is 804. The molecule has 0 aromatic carbocycles. The van der Waals surface area contributed by atoms with Gasteiger partial charge >= 0.3 is 0 Å². The van der Waals surface area contributed by atoms with Gasteiger partial charge in [-0.2, -0.15) is 5.26 Å². The van der Waals surface area contributed by atoms with Gasteiger partial charge in [0.05, 0.1) is 5.56 Å². The first kappa shape index (κ1) is 16.7. The van der Waals surface area contributed by atoms with Crippen molar-refractivity contribution in [3.8, 4) is 6.07 Å². The number of nitrogen functional groups attached to an aromatic ring is 1. The summed E-state index contributed by atoms with van der Waals surface area (Å²) in [6.07, 6.45) is 3.37. The predicted octanol–water partition coefficient (Wildman–Crippen LogP) is 2.91. The van der Waals surface area contributed by atoms with E-state index in [1.54, 1.807) is 6.07 Å². The minimum Gasteiger partial charge on any atom is -0.384 e. The third kappa shape index (κ3) is 3.68. The lowest BCUT2D eigenvalue weighted by atomic mass is 10.1. The summed E-state index contributed by atoms with van der Waals surface area (Å²) in [4.78, 5) is 21.8. The number of hydrogen-bond donors (Lipinski definition) is 2. The Morgan fingerprint density at radius 3 is 3.08 bits per heavy atom. The number of carbonyl (C=O) groups excluding carboxylic acids is 1. The van der Waals surface area contributed by atoms with Crippen LogP contribution in [0.5, 0.6) is 0 Å². The van der Waals surface area contributed by atoms with Crippen molar-refractivity contribution in [1.29, 1.82) is 5.26 Å². The van der Waals surface area contributed by atoms with Gasteiger partial charge in [0.2, 0.25) is 5.91 Å². The Hall–Kier alpha value is -2.11. The van der Waals surface area contributed by atoms with Crippen LogP contribution < -0.4 is 11.1 Å². The Kier molecular flexibility index (Phi) is 5.02. The van der Waals surface area contributed by atoms with E-state index in [2.05, 4.69) is 21.4 Å². The Morgan fingerprint density at radius 1 is 1.50 bits per heavy atom. The zero-order valence-corrected chi connectivity index (χ0v) is 14.9. The van der Waals surface area contributed by atoms with Crippen LogP contribution in [0.1, 0.15) is 34.5 Å². The Balaban J connectivity index is 1.56. The summed E-state index contributed by atoms with van der Waals surface area (Å²) in [5.41, 5.74) is 8.26. The Labute approximate surface area is 148 Å². The third-order valence-electron chi connectivity index (χ3n) is 3.70. The number of carbonyl (C=O) groups is 1. The number of nitrogens with two attached hydrogens (primary N) is 1. The molecule has 0 saturated heterocycles. The number of aromatic nitrogens is 2. The summed E-state index contributed by atoms with van der Waals surface area (Å²) in [7, 11) is 0. The molecule has 124 valence electrons. The summed E-state index contributed by atoms with van der Waals surface area (Å²) in [5.74, 6) is 0.891. The smallest absolute Gasteiger partial charge is 0.225 e. The van der Waals surface area contributed by atoms with Crippen LogP contribution in [0.2, 0.25) is 0 Å². The van der Waals surface area contributed by atoms with Crippen molar-refractivity contribution >= 4 is 39.8 Å². The van der Waals surface area contributed by atoms with Gasteiger partial charge in [-0.3, -0.25) is 4.79 Å².